The molecule has 9 heteroatoms. The Morgan fingerprint density at radius 2 is 1.69 bits per heavy atom. The van der Waals surface area contributed by atoms with E-state index >= 15 is 0 Å². The van der Waals surface area contributed by atoms with Gasteiger partial charge in [-0.1, -0.05) is 44.2 Å². The Kier molecular flexibility index (Phi) is 8.77. The monoisotopic (exact) mass is 463 g/mol. The van der Waals surface area contributed by atoms with Crippen molar-refractivity contribution < 1.29 is 22.4 Å². The second kappa shape index (κ2) is 11.1. The average Bonchev–Trinajstić information content (AvgIpc) is 2.77. The number of aryl methyl sites for hydroxylation is 1. The molecule has 2 aromatic rings. The lowest BCUT2D eigenvalue weighted by atomic mass is 10.1. The first kappa shape index (κ1) is 25.3. The number of sulfonamides is 1. The number of nitrogens with one attached hydrogen (secondary N) is 1. The number of anilines is 1. The number of carbonyl (C=O) groups is 2. The molecule has 174 valence electrons. The fraction of sp³-hybridized carbons (Fsp3) is 0.391. The van der Waals surface area contributed by atoms with Gasteiger partial charge in [0.15, 0.2) is 0 Å². The summed E-state index contributed by atoms with van der Waals surface area (Å²) in [7, 11) is -2.30. The molecule has 0 saturated carbocycles. The number of halogens is 1. The van der Waals surface area contributed by atoms with Gasteiger partial charge < -0.3 is 10.2 Å². The second-order valence-corrected chi connectivity index (χ2v) is 9.35. The van der Waals surface area contributed by atoms with E-state index in [1.807, 2.05) is 19.1 Å². The first-order valence-corrected chi connectivity index (χ1v) is 12.3. The smallest absolute Gasteiger partial charge is 0.244 e. The fourth-order valence-electron chi connectivity index (χ4n) is 3.52. The van der Waals surface area contributed by atoms with Crippen molar-refractivity contribution in [1.82, 2.24) is 10.2 Å². The highest BCUT2D eigenvalue weighted by molar-refractivity contribution is 7.92. The maximum absolute atomic E-state index is 13.4. The molecule has 2 rings (SSSR count). The van der Waals surface area contributed by atoms with Crippen molar-refractivity contribution in [3.63, 3.8) is 0 Å². The summed E-state index contributed by atoms with van der Waals surface area (Å²) >= 11 is 0. The SMILES string of the molecule is CCc1ccccc1N(CC(=O)N(Cc1ccc(F)cc1)[C@H](CC)C(=O)NC)S(C)(=O)=O. The minimum Gasteiger partial charge on any atom is -0.357 e. The van der Waals surface area contributed by atoms with Crippen LogP contribution in [0.1, 0.15) is 31.4 Å². The molecule has 0 aromatic heterocycles. The van der Waals surface area contributed by atoms with E-state index in [-0.39, 0.29) is 12.5 Å². The van der Waals surface area contributed by atoms with Gasteiger partial charge in [-0.25, -0.2) is 12.8 Å². The molecule has 2 aromatic carbocycles. The zero-order valence-electron chi connectivity index (χ0n) is 18.8. The van der Waals surface area contributed by atoms with Crippen molar-refractivity contribution in [3.05, 3.63) is 65.5 Å². The lowest BCUT2D eigenvalue weighted by molar-refractivity contribution is -0.140. The highest BCUT2D eigenvalue weighted by Crippen LogP contribution is 2.24. The zero-order valence-corrected chi connectivity index (χ0v) is 19.7. The van der Waals surface area contributed by atoms with Gasteiger partial charge in [-0.3, -0.25) is 13.9 Å². The summed E-state index contributed by atoms with van der Waals surface area (Å²) in [6, 6.07) is 11.8. The van der Waals surface area contributed by atoms with Gasteiger partial charge in [0.25, 0.3) is 0 Å². The molecule has 1 atom stereocenters. The first-order chi connectivity index (χ1) is 15.1. The van der Waals surface area contributed by atoms with E-state index in [4.69, 9.17) is 0 Å². The Morgan fingerprint density at radius 1 is 1.06 bits per heavy atom. The minimum absolute atomic E-state index is 0.0397. The van der Waals surface area contributed by atoms with Crippen LogP contribution in [0, 0.1) is 5.82 Å². The summed E-state index contributed by atoms with van der Waals surface area (Å²) in [6.07, 6.45) is 1.97. The predicted octanol–water partition coefficient (Wildman–Crippen LogP) is 2.71. The minimum atomic E-state index is -3.78. The predicted molar refractivity (Wildman–Crippen MR) is 123 cm³/mol. The molecule has 32 heavy (non-hydrogen) atoms. The quantitative estimate of drug-likeness (QED) is 0.587. The number of hydrogen-bond acceptors (Lipinski definition) is 4. The highest BCUT2D eigenvalue weighted by Gasteiger charge is 2.31. The van der Waals surface area contributed by atoms with Crippen LogP contribution >= 0.6 is 0 Å². The number of nitrogens with zero attached hydrogens (tertiary/aromatic N) is 2. The molecule has 0 spiro atoms. The molecule has 0 aliphatic heterocycles. The van der Waals surface area contributed by atoms with Gasteiger partial charge in [0.05, 0.1) is 11.9 Å². The topological polar surface area (TPSA) is 86.8 Å². The van der Waals surface area contributed by atoms with E-state index in [9.17, 15) is 22.4 Å². The average molecular weight is 464 g/mol. The Hall–Kier alpha value is -2.94. The van der Waals surface area contributed by atoms with Crippen LogP contribution in [0.5, 0.6) is 0 Å². The number of likely N-dealkylation sites (N-methyl/N-ethyl adjacent to an activating group) is 1. The molecule has 7 nitrogen and oxygen atoms in total. The number of amides is 2. The third kappa shape index (κ3) is 6.29. The second-order valence-electron chi connectivity index (χ2n) is 7.44. The number of para-hydroxylation sites is 1. The van der Waals surface area contributed by atoms with Crippen LogP contribution in [0.2, 0.25) is 0 Å². The first-order valence-electron chi connectivity index (χ1n) is 10.4. The number of carbonyl (C=O) groups excluding carboxylic acids is 2. The maximum Gasteiger partial charge on any atom is 0.244 e. The largest absolute Gasteiger partial charge is 0.357 e. The van der Waals surface area contributed by atoms with E-state index in [1.54, 1.807) is 19.1 Å². The maximum atomic E-state index is 13.4. The van der Waals surface area contributed by atoms with E-state index in [1.165, 1.54) is 36.2 Å². The number of benzene rings is 2. The molecule has 0 radical (unpaired) electrons. The van der Waals surface area contributed by atoms with Crippen LogP contribution in [0.15, 0.2) is 48.5 Å². The lowest BCUT2D eigenvalue weighted by Gasteiger charge is -2.33. The standard InChI is InChI=1S/C23H30FN3O4S/c1-5-18-9-7-8-10-21(18)27(32(4,30)31)16-22(28)26(20(6-2)23(29)25-3)15-17-11-13-19(24)14-12-17/h7-14,20H,5-6,15-16H2,1-4H3,(H,25,29)/t20-/m1/s1. The van der Waals surface area contributed by atoms with Crippen molar-refractivity contribution in [2.24, 2.45) is 0 Å². The molecule has 0 bridgehead atoms. The number of hydrogen-bond donors (Lipinski definition) is 1. The molecule has 1 N–H and O–H groups in total. The molecule has 2 amide bonds. The van der Waals surface area contributed by atoms with Crippen LogP contribution in [0.4, 0.5) is 10.1 Å². The fourth-order valence-corrected chi connectivity index (χ4v) is 4.40. The van der Waals surface area contributed by atoms with Crippen LogP contribution in [-0.2, 0) is 32.6 Å². The molecule has 0 unspecified atom stereocenters. The molecule has 0 saturated heterocycles. The molecule has 0 aliphatic rings. The summed E-state index contributed by atoms with van der Waals surface area (Å²) in [5.41, 5.74) is 1.84. The Bertz CT molecular complexity index is 1040. The van der Waals surface area contributed by atoms with Gasteiger partial charge in [-0.05, 0) is 42.2 Å². The van der Waals surface area contributed by atoms with Gasteiger partial charge in [0.2, 0.25) is 21.8 Å². The van der Waals surface area contributed by atoms with E-state index in [0.29, 0.717) is 24.1 Å². The number of rotatable bonds is 10. The molecular weight excluding hydrogens is 433 g/mol. The Labute approximate surface area is 189 Å². The molecule has 0 aliphatic carbocycles. The van der Waals surface area contributed by atoms with Gasteiger partial charge in [0.1, 0.15) is 18.4 Å². The Balaban J connectivity index is 2.45. The van der Waals surface area contributed by atoms with Crippen LogP contribution in [-0.4, -0.2) is 51.0 Å². The summed E-state index contributed by atoms with van der Waals surface area (Å²) in [5.74, 6) is -1.30. The highest BCUT2D eigenvalue weighted by atomic mass is 32.2. The van der Waals surface area contributed by atoms with Gasteiger partial charge >= 0.3 is 0 Å². The lowest BCUT2D eigenvalue weighted by Crippen LogP contribution is -2.51. The van der Waals surface area contributed by atoms with Gasteiger partial charge in [-0.15, -0.1) is 0 Å². The van der Waals surface area contributed by atoms with Crippen molar-refractivity contribution in [3.8, 4) is 0 Å². The molecule has 0 heterocycles. The summed E-state index contributed by atoms with van der Waals surface area (Å²) in [4.78, 5) is 27.3. The van der Waals surface area contributed by atoms with Crippen LogP contribution < -0.4 is 9.62 Å². The Morgan fingerprint density at radius 3 is 2.22 bits per heavy atom. The van der Waals surface area contributed by atoms with Crippen LogP contribution in [0.25, 0.3) is 0 Å². The van der Waals surface area contributed by atoms with Crippen molar-refractivity contribution in [1.29, 1.82) is 0 Å². The van der Waals surface area contributed by atoms with Gasteiger partial charge in [0, 0.05) is 13.6 Å². The van der Waals surface area contributed by atoms with Crippen molar-refractivity contribution in [2.75, 3.05) is 24.2 Å². The normalized spacial score (nSPS) is 12.2. The summed E-state index contributed by atoms with van der Waals surface area (Å²) in [6.45, 7) is 3.26. The third-order valence-electron chi connectivity index (χ3n) is 5.22. The molecule has 0 fully saturated rings. The van der Waals surface area contributed by atoms with Crippen LogP contribution in [0.3, 0.4) is 0 Å². The van der Waals surface area contributed by atoms with Crippen molar-refractivity contribution in [2.45, 2.75) is 39.3 Å². The van der Waals surface area contributed by atoms with E-state index in [0.717, 1.165) is 16.1 Å². The van der Waals surface area contributed by atoms with E-state index in [2.05, 4.69) is 5.32 Å². The van der Waals surface area contributed by atoms with Gasteiger partial charge in [-0.2, -0.15) is 0 Å². The zero-order chi connectivity index (χ0) is 23.9. The summed E-state index contributed by atoms with van der Waals surface area (Å²) in [5, 5.41) is 2.56. The third-order valence-corrected chi connectivity index (χ3v) is 6.35. The molecular formula is C23H30FN3O4S. The summed E-state index contributed by atoms with van der Waals surface area (Å²) < 4.78 is 39.6. The van der Waals surface area contributed by atoms with E-state index < -0.39 is 34.3 Å². The van der Waals surface area contributed by atoms with Crippen molar-refractivity contribution >= 4 is 27.5 Å².